The second kappa shape index (κ2) is 7.91. The van der Waals surface area contributed by atoms with Crippen LogP contribution in [0.2, 0.25) is 10.0 Å². The van der Waals surface area contributed by atoms with Crippen molar-refractivity contribution in [2.45, 2.75) is 12.1 Å². The molecule has 0 saturated carbocycles. The van der Waals surface area contributed by atoms with Gasteiger partial charge in [0.15, 0.2) is 5.58 Å². The topological polar surface area (TPSA) is 67.5 Å². The van der Waals surface area contributed by atoms with Gasteiger partial charge in [0.1, 0.15) is 5.52 Å². The highest BCUT2D eigenvalue weighted by atomic mass is 35.5. The van der Waals surface area contributed by atoms with E-state index in [1.165, 1.54) is 11.8 Å². The lowest BCUT2D eigenvalue weighted by Gasteiger charge is -2.04. The molecule has 3 aromatic rings. The summed E-state index contributed by atoms with van der Waals surface area (Å²) in [6, 6.07) is 12.6. The summed E-state index contributed by atoms with van der Waals surface area (Å²) in [4.78, 5) is 16.2. The van der Waals surface area contributed by atoms with Gasteiger partial charge in [0.2, 0.25) is 0 Å². The number of aromatic nitrogens is 1. The van der Waals surface area contributed by atoms with Crippen LogP contribution in [-0.2, 0) is 4.79 Å². The number of hydrogen-bond acceptors (Lipinski definition) is 5. The third kappa shape index (κ3) is 4.54. The van der Waals surface area contributed by atoms with Crippen LogP contribution in [0.25, 0.3) is 11.1 Å². The number of nitrogens with zero attached hydrogens (tertiary/aromatic N) is 2. The summed E-state index contributed by atoms with van der Waals surface area (Å²) in [6.45, 7) is 1.77. The monoisotopic (exact) mass is 393 g/mol. The van der Waals surface area contributed by atoms with Crippen LogP contribution in [0.4, 0.5) is 0 Å². The molecule has 0 bridgehead atoms. The van der Waals surface area contributed by atoms with Crippen LogP contribution in [0.1, 0.15) is 12.5 Å². The highest BCUT2D eigenvalue weighted by Gasteiger charge is 2.09. The number of para-hydroxylation sites is 2. The largest absolute Gasteiger partial charge is 0.431 e. The van der Waals surface area contributed by atoms with Gasteiger partial charge in [-0.05, 0) is 36.8 Å². The fourth-order valence-corrected chi connectivity index (χ4v) is 2.93. The maximum absolute atomic E-state index is 11.9. The summed E-state index contributed by atoms with van der Waals surface area (Å²) in [5.41, 5.74) is 5.36. The molecule has 0 spiro atoms. The number of halogens is 2. The number of hydrazone groups is 1. The van der Waals surface area contributed by atoms with Crippen LogP contribution in [0, 0.1) is 0 Å². The van der Waals surface area contributed by atoms with E-state index in [-0.39, 0.29) is 11.7 Å². The van der Waals surface area contributed by atoms with Crippen molar-refractivity contribution in [3.63, 3.8) is 0 Å². The van der Waals surface area contributed by atoms with Crippen LogP contribution >= 0.6 is 35.0 Å². The molecular formula is C17H13Cl2N3O2S. The minimum Gasteiger partial charge on any atom is -0.431 e. The van der Waals surface area contributed by atoms with Gasteiger partial charge in [0.25, 0.3) is 11.1 Å². The molecule has 0 aliphatic carbocycles. The van der Waals surface area contributed by atoms with Crippen molar-refractivity contribution in [1.29, 1.82) is 0 Å². The lowest BCUT2D eigenvalue weighted by molar-refractivity contribution is -0.118. The van der Waals surface area contributed by atoms with E-state index in [0.717, 1.165) is 11.1 Å². The van der Waals surface area contributed by atoms with Crippen LogP contribution < -0.4 is 5.43 Å². The third-order valence-corrected chi connectivity index (χ3v) is 4.85. The zero-order valence-electron chi connectivity index (χ0n) is 13.1. The quantitative estimate of drug-likeness (QED) is 0.385. The molecule has 1 aromatic heterocycles. The first-order chi connectivity index (χ1) is 12.0. The Morgan fingerprint density at radius 1 is 1.24 bits per heavy atom. The molecule has 0 aliphatic heterocycles. The van der Waals surface area contributed by atoms with Crippen molar-refractivity contribution >= 4 is 57.7 Å². The van der Waals surface area contributed by atoms with Gasteiger partial charge < -0.3 is 4.42 Å². The Morgan fingerprint density at radius 3 is 2.80 bits per heavy atom. The molecule has 0 fully saturated rings. The summed E-state index contributed by atoms with van der Waals surface area (Å²) in [5.74, 6) is -0.114. The molecule has 0 radical (unpaired) electrons. The Labute approximate surface area is 158 Å². The molecule has 5 nitrogen and oxygen atoms in total. The maximum atomic E-state index is 11.9. The van der Waals surface area contributed by atoms with Gasteiger partial charge in [-0.25, -0.2) is 10.4 Å². The average Bonchev–Trinajstić information content (AvgIpc) is 3.03. The molecule has 25 heavy (non-hydrogen) atoms. The minimum absolute atomic E-state index is 0.144. The zero-order valence-corrected chi connectivity index (χ0v) is 15.5. The van der Waals surface area contributed by atoms with Gasteiger partial charge in [0, 0.05) is 0 Å². The number of benzene rings is 2. The Hall–Kier alpha value is -2.02. The van der Waals surface area contributed by atoms with Crippen molar-refractivity contribution in [2.75, 3.05) is 5.75 Å². The number of hydrogen-bond donors (Lipinski definition) is 1. The summed E-state index contributed by atoms with van der Waals surface area (Å²) in [5, 5.41) is 5.42. The lowest BCUT2D eigenvalue weighted by Crippen LogP contribution is -2.21. The predicted octanol–water partition coefficient (Wildman–Crippen LogP) is 4.77. The predicted molar refractivity (Wildman–Crippen MR) is 102 cm³/mol. The van der Waals surface area contributed by atoms with E-state index < -0.39 is 0 Å². The van der Waals surface area contributed by atoms with E-state index in [2.05, 4.69) is 15.5 Å². The smallest absolute Gasteiger partial charge is 0.257 e. The highest BCUT2D eigenvalue weighted by Crippen LogP contribution is 2.23. The summed E-state index contributed by atoms with van der Waals surface area (Å²) in [6.07, 6.45) is 0. The Balaban J connectivity index is 1.57. The average molecular weight is 394 g/mol. The van der Waals surface area contributed by atoms with Crippen LogP contribution in [-0.4, -0.2) is 22.4 Å². The molecule has 1 amide bonds. The first kappa shape index (κ1) is 17.8. The van der Waals surface area contributed by atoms with E-state index in [9.17, 15) is 4.79 Å². The summed E-state index contributed by atoms with van der Waals surface area (Å²) >= 11 is 13.1. The van der Waals surface area contributed by atoms with Crippen molar-refractivity contribution in [2.24, 2.45) is 5.10 Å². The molecule has 0 unspecified atom stereocenters. The van der Waals surface area contributed by atoms with Crippen molar-refractivity contribution < 1.29 is 9.21 Å². The molecule has 0 aliphatic rings. The van der Waals surface area contributed by atoms with Crippen LogP contribution in [0.3, 0.4) is 0 Å². The number of nitrogens with one attached hydrogen (secondary N) is 1. The molecule has 0 atom stereocenters. The number of carbonyl (C=O) groups excluding carboxylic acids is 1. The molecule has 1 heterocycles. The van der Waals surface area contributed by atoms with Gasteiger partial charge in [0.05, 0.1) is 21.5 Å². The minimum atomic E-state index is -0.258. The maximum Gasteiger partial charge on any atom is 0.257 e. The van der Waals surface area contributed by atoms with E-state index in [1.807, 2.05) is 24.3 Å². The highest BCUT2D eigenvalue weighted by molar-refractivity contribution is 7.99. The van der Waals surface area contributed by atoms with Crippen LogP contribution in [0.5, 0.6) is 0 Å². The number of rotatable bonds is 5. The van der Waals surface area contributed by atoms with Gasteiger partial charge in [-0.15, -0.1) is 0 Å². The second-order valence-corrected chi connectivity index (χ2v) is 6.84. The number of carbonyl (C=O) groups is 1. The molecule has 128 valence electrons. The molecule has 1 N–H and O–H groups in total. The molecule has 8 heteroatoms. The molecule has 3 rings (SSSR count). The number of oxazole rings is 1. The molecular weight excluding hydrogens is 381 g/mol. The van der Waals surface area contributed by atoms with Crippen molar-refractivity contribution in [1.82, 2.24) is 10.4 Å². The van der Waals surface area contributed by atoms with Gasteiger partial charge in [-0.2, -0.15) is 5.10 Å². The van der Waals surface area contributed by atoms with Crippen LogP contribution in [0.15, 0.2) is 57.2 Å². The number of amides is 1. The normalized spacial score (nSPS) is 11.7. The van der Waals surface area contributed by atoms with E-state index in [1.54, 1.807) is 25.1 Å². The van der Waals surface area contributed by atoms with E-state index in [0.29, 0.717) is 26.6 Å². The third-order valence-electron chi connectivity index (χ3n) is 3.29. The Bertz CT molecular complexity index is 923. The zero-order chi connectivity index (χ0) is 17.8. The van der Waals surface area contributed by atoms with Gasteiger partial charge in [-0.1, -0.05) is 53.2 Å². The second-order valence-electron chi connectivity index (χ2n) is 5.10. The van der Waals surface area contributed by atoms with Crippen molar-refractivity contribution in [3.8, 4) is 0 Å². The van der Waals surface area contributed by atoms with Gasteiger partial charge >= 0.3 is 0 Å². The lowest BCUT2D eigenvalue weighted by atomic mass is 10.1. The molecule has 2 aromatic carbocycles. The number of thioether (sulfide) groups is 1. The summed E-state index contributed by atoms with van der Waals surface area (Å²) < 4.78 is 5.55. The van der Waals surface area contributed by atoms with E-state index in [4.69, 9.17) is 27.6 Å². The standard InChI is InChI=1S/C17H13Cl2N3O2S/c1-10(11-6-7-12(18)13(19)8-11)21-22-16(23)9-25-17-20-14-4-2-3-5-15(14)24-17/h2-8H,9H2,1H3,(H,22,23)/b21-10+. The van der Waals surface area contributed by atoms with Crippen molar-refractivity contribution in [3.05, 3.63) is 58.1 Å². The summed E-state index contributed by atoms with van der Waals surface area (Å²) in [7, 11) is 0. The number of fused-ring (bicyclic) bond motifs is 1. The Morgan fingerprint density at radius 2 is 2.04 bits per heavy atom. The molecule has 0 saturated heterocycles. The SMILES string of the molecule is C/C(=N\NC(=O)CSc1nc2ccccc2o1)c1ccc(Cl)c(Cl)c1. The van der Waals surface area contributed by atoms with Gasteiger partial charge in [-0.3, -0.25) is 4.79 Å². The Kier molecular flexibility index (Phi) is 5.63. The van der Waals surface area contributed by atoms with E-state index >= 15 is 0 Å². The first-order valence-electron chi connectivity index (χ1n) is 7.30. The first-order valence-corrected chi connectivity index (χ1v) is 9.04. The fourth-order valence-electron chi connectivity index (χ4n) is 2.00. The fraction of sp³-hybridized carbons (Fsp3) is 0.118.